The molecule has 1 atom stereocenters. The maximum Gasteiger partial charge on any atom is 0.0406 e. The predicted octanol–water partition coefficient (Wildman–Crippen LogP) is 4.12. The molecule has 17 heavy (non-hydrogen) atoms. The van der Waals surface area contributed by atoms with Gasteiger partial charge in [0.15, 0.2) is 0 Å². The normalized spacial score (nSPS) is 13.0. The molecule has 1 unspecified atom stereocenters. The Morgan fingerprint density at radius 1 is 1.24 bits per heavy atom. The third-order valence-electron chi connectivity index (χ3n) is 2.99. The minimum absolute atomic E-state index is 0.764. The summed E-state index contributed by atoms with van der Waals surface area (Å²) in [5.41, 5.74) is 1.32. The van der Waals surface area contributed by atoms with Crippen molar-refractivity contribution in [2.45, 2.75) is 26.3 Å². The summed E-state index contributed by atoms with van der Waals surface area (Å²) in [7, 11) is 2.17. The van der Waals surface area contributed by atoms with E-state index in [1.165, 1.54) is 18.4 Å². The van der Waals surface area contributed by atoms with Gasteiger partial charge in [-0.1, -0.05) is 30.7 Å². The van der Waals surface area contributed by atoms with E-state index in [2.05, 4.69) is 43.6 Å². The highest BCUT2D eigenvalue weighted by Gasteiger charge is 2.04. The Hall–Kier alpha value is -0.180. The van der Waals surface area contributed by atoms with Gasteiger partial charge in [0.05, 0.1) is 0 Å². The van der Waals surface area contributed by atoms with E-state index in [-0.39, 0.29) is 0 Å². The Morgan fingerprint density at radius 2 is 1.88 bits per heavy atom. The maximum absolute atomic E-state index is 5.86. The molecule has 0 heterocycles. The van der Waals surface area contributed by atoms with Crippen molar-refractivity contribution in [2.75, 3.05) is 19.3 Å². The molecule has 0 aromatic heterocycles. The van der Waals surface area contributed by atoms with Crippen molar-refractivity contribution in [3.05, 3.63) is 34.9 Å². The molecule has 0 aliphatic heterocycles. The number of halogens is 1. The lowest BCUT2D eigenvalue weighted by atomic mass is 10.0. The second-order valence-electron chi connectivity index (χ2n) is 4.77. The summed E-state index contributed by atoms with van der Waals surface area (Å²) in [5.74, 6) is 1.75. The molecule has 1 aromatic rings. The topological polar surface area (TPSA) is 3.24 Å². The average molecular weight is 272 g/mol. The Kier molecular flexibility index (Phi) is 7.02. The Bertz CT molecular complexity index is 313. The molecule has 0 aliphatic rings. The van der Waals surface area contributed by atoms with Gasteiger partial charge in [0.1, 0.15) is 0 Å². The molecule has 0 bridgehead atoms. The summed E-state index contributed by atoms with van der Waals surface area (Å²) >= 11 is 10.1. The van der Waals surface area contributed by atoms with Gasteiger partial charge in [-0.2, -0.15) is 12.6 Å². The quantitative estimate of drug-likeness (QED) is 0.730. The smallest absolute Gasteiger partial charge is 0.0406 e. The van der Waals surface area contributed by atoms with Crippen molar-refractivity contribution >= 4 is 24.2 Å². The predicted molar refractivity (Wildman–Crippen MR) is 80.0 cm³/mol. The van der Waals surface area contributed by atoms with Crippen LogP contribution in [0.4, 0.5) is 0 Å². The van der Waals surface area contributed by atoms with Crippen LogP contribution in [0.3, 0.4) is 0 Å². The van der Waals surface area contributed by atoms with Gasteiger partial charge < -0.3 is 4.90 Å². The number of nitrogens with zero attached hydrogens (tertiary/aromatic N) is 1. The van der Waals surface area contributed by atoms with E-state index in [0.717, 1.165) is 29.8 Å². The third kappa shape index (κ3) is 6.35. The first-order chi connectivity index (χ1) is 8.11. The lowest BCUT2D eigenvalue weighted by Gasteiger charge is -2.19. The van der Waals surface area contributed by atoms with Crippen molar-refractivity contribution in [2.24, 2.45) is 5.92 Å². The van der Waals surface area contributed by atoms with E-state index < -0.39 is 0 Å². The Balaban J connectivity index is 2.29. The Morgan fingerprint density at radius 3 is 2.47 bits per heavy atom. The van der Waals surface area contributed by atoms with Crippen LogP contribution in [0.25, 0.3) is 0 Å². The fraction of sp³-hybridized carbons (Fsp3) is 0.571. The molecule has 1 rings (SSSR count). The lowest BCUT2D eigenvalue weighted by molar-refractivity contribution is 0.297. The SMILES string of the molecule is CC(CCS)CCN(C)Cc1ccc(Cl)cc1. The molecule has 96 valence electrons. The summed E-state index contributed by atoms with van der Waals surface area (Å²) in [5, 5.41) is 0.804. The van der Waals surface area contributed by atoms with E-state index in [4.69, 9.17) is 11.6 Å². The zero-order chi connectivity index (χ0) is 12.7. The van der Waals surface area contributed by atoms with E-state index >= 15 is 0 Å². The second kappa shape index (κ2) is 8.02. The first kappa shape index (κ1) is 14.9. The molecule has 0 radical (unpaired) electrons. The molecule has 3 heteroatoms. The van der Waals surface area contributed by atoms with Gasteiger partial charge in [-0.3, -0.25) is 0 Å². The highest BCUT2D eigenvalue weighted by molar-refractivity contribution is 7.80. The van der Waals surface area contributed by atoms with Crippen LogP contribution < -0.4 is 0 Å². The fourth-order valence-corrected chi connectivity index (χ4v) is 2.35. The molecule has 0 amide bonds. The average Bonchev–Trinajstić information content (AvgIpc) is 2.30. The second-order valence-corrected chi connectivity index (χ2v) is 5.65. The maximum atomic E-state index is 5.86. The number of benzene rings is 1. The van der Waals surface area contributed by atoms with Crippen molar-refractivity contribution < 1.29 is 0 Å². The molecular formula is C14H22ClNS. The van der Waals surface area contributed by atoms with Gasteiger partial charge in [-0.25, -0.2) is 0 Å². The number of hydrogen-bond acceptors (Lipinski definition) is 2. The summed E-state index contributed by atoms with van der Waals surface area (Å²) in [6.07, 6.45) is 2.45. The van der Waals surface area contributed by atoms with Crippen LogP contribution in [0.15, 0.2) is 24.3 Å². The van der Waals surface area contributed by atoms with Crippen molar-refractivity contribution in [1.29, 1.82) is 0 Å². The van der Waals surface area contributed by atoms with Gasteiger partial charge in [-0.15, -0.1) is 0 Å². The highest BCUT2D eigenvalue weighted by Crippen LogP contribution is 2.13. The van der Waals surface area contributed by atoms with Crippen LogP contribution >= 0.6 is 24.2 Å². The summed E-state index contributed by atoms with van der Waals surface area (Å²) in [6.45, 7) is 4.43. The minimum atomic E-state index is 0.764. The zero-order valence-electron chi connectivity index (χ0n) is 10.7. The van der Waals surface area contributed by atoms with Crippen LogP contribution in [0, 0.1) is 5.92 Å². The van der Waals surface area contributed by atoms with Crippen LogP contribution in [0.5, 0.6) is 0 Å². The van der Waals surface area contributed by atoms with Gasteiger partial charge in [0.25, 0.3) is 0 Å². The molecule has 0 N–H and O–H groups in total. The van der Waals surface area contributed by atoms with Gasteiger partial charge >= 0.3 is 0 Å². The summed E-state index contributed by atoms with van der Waals surface area (Å²) < 4.78 is 0. The first-order valence-corrected chi connectivity index (χ1v) is 7.16. The van der Waals surface area contributed by atoms with E-state index in [1.54, 1.807) is 0 Å². The van der Waals surface area contributed by atoms with E-state index in [0.29, 0.717) is 0 Å². The number of hydrogen-bond donors (Lipinski definition) is 1. The molecule has 0 aliphatic carbocycles. The zero-order valence-corrected chi connectivity index (χ0v) is 12.3. The molecule has 0 saturated carbocycles. The van der Waals surface area contributed by atoms with Crippen molar-refractivity contribution in [1.82, 2.24) is 4.90 Å². The molecule has 0 saturated heterocycles. The molecule has 1 aromatic carbocycles. The van der Waals surface area contributed by atoms with E-state index in [1.807, 2.05) is 12.1 Å². The standard InChI is InChI=1S/C14H22ClNS/c1-12(8-10-17)7-9-16(2)11-13-3-5-14(15)6-4-13/h3-6,12,17H,7-11H2,1-2H3. The van der Waals surface area contributed by atoms with Crippen LogP contribution in [-0.4, -0.2) is 24.2 Å². The van der Waals surface area contributed by atoms with Crippen LogP contribution in [0.1, 0.15) is 25.3 Å². The van der Waals surface area contributed by atoms with Gasteiger partial charge in [0.2, 0.25) is 0 Å². The van der Waals surface area contributed by atoms with Crippen LogP contribution in [-0.2, 0) is 6.54 Å². The van der Waals surface area contributed by atoms with Crippen molar-refractivity contribution in [3.8, 4) is 0 Å². The van der Waals surface area contributed by atoms with Crippen LogP contribution in [0.2, 0.25) is 5.02 Å². The molecule has 1 nitrogen and oxygen atoms in total. The van der Waals surface area contributed by atoms with Gasteiger partial charge in [0, 0.05) is 11.6 Å². The van der Waals surface area contributed by atoms with Crippen molar-refractivity contribution in [3.63, 3.8) is 0 Å². The number of rotatable bonds is 7. The third-order valence-corrected chi connectivity index (χ3v) is 3.50. The van der Waals surface area contributed by atoms with Gasteiger partial charge in [-0.05, 0) is 55.8 Å². The molecule has 0 fully saturated rings. The highest BCUT2D eigenvalue weighted by atomic mass is 35.5. The first-order valence-electron chi connectivity index (χ1n) is 6.15. The monoisotopic (exact) mass is 271 g/mol. The summed E-state index contributed by atoms with van der Waals surface area (Å²) in [4.78, 5) is 2.36. The fourth-order valence-electron chi connectivity index (χ4n) is 1.79. The van der Waals surface area contributed by atoms with E-state index in [9.17, 15) is 0 Å². The largest absolute Gasteiger partial charge is 0.302 e. The molecule has 0 spiro atoms. The minimum Gasteiger partial charge on any atom is -0.302 e. The molecular weight excluding hydrogens is 250 g/mol. The lowest BCUT2D eigenvalue weighted by Crippen LogP contribution is -2.20. The number of thiol groups is 1. The summed E-state index contributed by atoms with van der Waals surface area (Å²) in [6, 6.07) is 8.09. The Labute approximate surface area is 116 Å².